The van der Waals surface area contributed by atoms with Crippen LogP contribution in [0.1, 0.15) is 39.2 Å². The van der Waals surface area contributed by atoms with E-state index < -0.39 is 0 Å². The number of ether oxygens (including phenoxy) is 3. The first kappa shape index (κ1) is 18.9. The standard InChI is InChI=1S/C20H30O4/c1-14-10-11-18(16(3)20(21)22-4)24-19(14)15(2)12-23-13-17-8-6-5-7-9-17/h5-9,14-16,18-19H,10-13H2,1-4H3/t14-,15-,16+,18+,19+/m0/s1. The van der Waals surface area contributed by atoms with Crippen molar-refractivity contribution in [2.45, 2.75) is 52.4 Å². The Balaban J connectivity index is 1.84. The van der Waals surface area contributed by atoms with Gasteiger partial charge in [0, 0.05) is 5.92 Å². The molecule has 0 unspecified atom stereocenters. The van der Waals surface area contributed by atoms with E-state index in [1.54, 1.807) is 0 Å². The molecule has 0 spiro atoms. The summed E-state index contributed by atoms with van der Waals surface area (Å²) in [4.78, 5) is 11.8. The second-order valence-electron chi connectivity index (χ2n) is 6.98. The Morgan fingerprint density at radius 2 is 1.96 bits per heavy atom. The lowest BCUT2D eigenvalue weighted by Gasteiger charge is -2.39. The predicted octanol–water partition coefficient (Wildman–Crippen LogP) is 3.83. The number of hydrogen-bond acceptors (Lipinski definition) is 4. The zero-order chi connectivity index (χ0) is 17.5. The molecule has 0 N–H and O–H groups in total. The third-order valence-corrected chi connectivity index (χ3v) is 4.98. The molecule has 1 heterocycles. The summed E-state index contributed by atoms with van der Waals surface area (Å²) in [5.41, 5.74) is 1.18. The van der Waals surface area contributed by atoms with Gasteiger partial charge in [-0.2, -0.15) is 0 Å². The van der Waals surface area contributed by atoms with Gasteiger partial charge in [0.15, 0.2) is 0 Å². The SMILES string of the molecule is COC(=O)[C@H](C)[C@H]1CC[C@H](C)[C@H]([C@@H](C)COCc2ccccc2)O1. The van der Waals surface area contributed by atoms with Gasteiger partial charge in [0.1, 0.15) is 0 Å². The van der Waals surface area contributed by atoms with Crippen molar-refractivity contribution in [1.82, 2.24) is 0 Å². The number of carbonyl (C=O) groups is 1. The van der Waals surface area contributed by atoms with Crippen molar-refractivity contribution in [2.75, 3.05) is 13.7 Å². The van der Waals surface area contributed by atoms with Crippen molar-refractivity contribution in [3.63, 3.8) is 0 Å². The molecular weight excluding hydrogens is 304 g/mol. The van der Waals surface area contributed by atoms with Gasteiger partial charge in [-0.3, -0.25) is 4.79 Å². The Kier molecular flexibility index (Phi) is 7.25. The predicted molar refractivity (Wildman–Crippen MR) is 93.5 cm³/mol. The fourth-order valence-electron chi connectivity index (χ4n) is 3.43. The van der Waals surface area contributed by atoms with E-state index in [9.17, 15) is 4.79 Å². The number of methoxy groups -OCH3 is 1. The van der Waals surface area contributed by atoms with E-state index >= 15 is 0 Å². The monoisotopic (exact) mass is 334 g/mol. The van der Waals surface area contributed by atoms with Gasteiger partial charge in [-0.25, -0.2) is 0 Å². The largest absolute Gasteiger partial charge is 0.469 e. The molecular formula is C20H30O4. The highest BCUT2D eigenvalue weighted by atomic mass is 16.5. The van der Waals surface area contributed by atoms with Crippen molar-refractivity contribution < 1.29 is 19.0 Å². The van der Waals surface area contributed by atoms with E-state index in [4.69, 9.17) is 14.2 Å². The molecule has 24 heavy (non-hydrogen) atoms. The topological polar surface area (TPSA) is 44.8 Å². The zero-order valence-corrected chi connectivity index (χ0v) is 15.2. The molecule has 1 aromatic rings. The molecule has 1 aliphatic heterocycles. The maximum atomic E-state index is 11.8. The van der Waals surface area contributed by atoms with Gasteiger partial charge in [0.2, 0.25) is 0 Å². The number of carbonyl (C=O) groups excluding carboxylic acids is 1. The van der Waals surface area contributed by atoms with Gasteiger partial charge < -0.3 is 14.2 Å². The van der Waals surface area contributed by atoms with Crippen LogP contribution in [-0.4, -0.2) is 31.9 Å². The molecule has 134 valence electrons. The lowest BCUT2D eigenvalue weighted by Crippen LogP contribution is -2.43. The first-order valence-corrected chi connectivity index (χ1v) is 8.87. The van der Waals surface area contributed by atoms with E-state index in [1.165, 1.54) is 12.7 Å². The average Bonchev–Trinajstić information content (AvgIpc) is 2.61. The lowest BCUT2D eigenvalue weighted by atomic mass is 9.84. The van der Waals surface area contributed by atoms with Crippen LogP contribution in [0, 0.1) is 17.8 Å². The Bertz CT molecular complexity index is 502. The molecule has 4 nitrogen and oxygen atoms in total. The second kappa shape index (κ2) is 9.19. The number of benzene rings is 1. The number of rotatable bonds is 7. The highest BCUT2D eigenvalue weighted by Crippen LogP contribution is 2.33. The van der Waals surface area contributed by atoms with E-state index in [2.05, 4.69) is 26.0 Å². The summed E-state index contributed by atoms with van der Waals surface area (Å²) in [6, 6.07) is 10.2. The van der Waals surface area contributed by atoms with Gasteiger partial charge >= 0.3 is 5.97 Å². The quantitative estimate of drug-likeness (QED) is 0.711. The van der Waals surface area contributed by atoms with Gasteiger partial charge in [0.05, 0.1) is 38.4 Å². The first-order valence-electron chi connectivity index (χ1n) is 8.87. The second-order valence-corrected chi connectivity index (χ2v) is 6.98. The summed E-state index contributed by atoms with van der Waals surface area (Å²) in [5.74, 6) is 0.349. The van der Waals surface area contributed by atoms with Crippen LogP contribution in [0.2, 0.25) is 0 Å². The summed E-state index contributed by atoms with van der Waals surface area (Å²) in [7, 11) is 1.43. The minimum absolute atomic E-state index is 0.0600. The zero-order valence-electron chi connectivity index (χ0n) is 15.2. The van der Waals surface area contributed by atoms with Crippen molar-refractivity contribution in [3.05, 3.63) is 35.9 Å². The van der Waals surface area contributed by atoms with Crippen molar-refractivity contribution in [3.8, 4) is 0 Å². The highest BCUT2D eigenvalue weighted by molar-refractivity contribution is 5.72. The fraction of sp³-hybridized carbons (Fsp3) is 0.650. The third-order valence-electron chi connectivity index (χ3n) is 4.98. The van der Waals surface area contributed by atoms with E-state index in [1.807, 2.05) is 25.1 Å². The van der Waals surface area contributed by atoms with E-state index in [0.29, 0.717) is 19.1 Å². The molecule has 1 saturated heterocycles. The summed E-state index contributed by atoms with van der Waals surface area (Å²) in [6.45, 7) is 7.55. The third kappa shape index (κ3) is 5.05. The lowest BCUT2D eigenvalue weighted by molar-refractivity contribution is -0.164. The summed E-state index contributed by atoms with van der Waals surface area (Å²) in [6.07, 6.45) is 2.03. The minimum atomic E-state index is -0.220. The average molecular weight is 334 g/mol. The molecule has 0 aromatic heterocycles. The van der Waals surface area contributed by atoms with Crippen LogP contribution in [0.25, 0.3) is 0 Å². The first-order chi connectivity index (χ1) is 11.5. The Hall–Kier alpha value is -1.39. The molecule has 1 aromatic carbocycles. The summed E-state index contributed by atoms with van der Waals surface area (Å²) in [5, 5.41) is 0. The van der Waals surface area contributed by atoms with Gasteiger partial charge in [-0.1, -0.05) is 44.2 Å². The molecule has 0 amide bonds. The molecule has 2 rings (SSSR count). The van der Waals surface area contributed by atoms with Crippen LogP contribution in [0.15, 0.2) is 30.3 Å². The molecule has 0 aliphatic carbocycles. The van der Waals surface area contributed by atoms with Crippen LogP contribution in [0.4, 0.5) is 0 Å². The van der Waals surface area contributed by atoms with Crippen LogP contribution < -0.4 is 0 Å². The van der Waals surface area contributed by atoms with E-state index in [0.717, 1.165) is 12.8 Å². The molecule has 1 fully saturated rings. The van der Waals surface area contributed by atoms with Crippen LogP contribution in [0.5, 0.6) is 0 Å². The van der Waals surface area contributed by atoms with Crippen LogP contribution >= 0.6 is 0 Å². The van der Waals surface area contributed by atoms with Gasteiger partial charge in [-0.15, -0.1) is 0 Å². The molecule has 4 heteroatoms. The molecule has 0 saturated carbocycles. The normalized spacial score (nSPS) is 26.6. The van der Waals surface area contributed by atoms with Crippen molar-refractivity contribution in [2.24, 2.45) is 17.8 Å². The fourth-order valence-corrected chi connectivity index (χ4v) is 3.43. The van der Waals surface area contributed by atoms with Crippen molar-refractivity contribution >= 4 is 5.97 Å². The molecule has 0 bridgehead atoms. The van der Waals surface area contributed by atoms with Gasteiger partial charge in [-0.05, 0) is 31.2 Å². The van der Waals surface area contributed by atoms with Crippen molar-refractivity contribution in [1.29, 1.82) is 0 Å². The maximum absolute atomic E-state index is 11.8. The molecule has 5 atom stereocenters. The Morgan fingerprint density at radius 1 is 1.25 bits per heavy atom. The highest BCUT2D eigenvalue weighted by Gasteiger charge is 2.36. The summed E-state index contributed by atoms with van der Waals surface area (Å²) >= 11 is 0. The van der Waals surface area contributed by atoms with Crippen LogP contribution in [0.3, 0.4) is 0 Å². The maximum Gasteiger partial charge on any atom is 0.311 e. The summed E-state index contributed by atoms with van der Waals surface area (Å²) < 4.78 is 17.0. The minimum Gasteiger partial charge on any atom is -0.469 e. The molecule has 0 radical (unpaired) electrons. The van der Waals surface area contributed by atoms with E-state index in [-0.39, 0.29) is 30.0 Å². The number of hydrogen-bond donors (Lipinski definition) is 0. The number of esters is 1. The van der Waals surface area contributed by atoms with Crippen LogP contribution in [-0.2, 0) is 25.6 Å². The molecule has 1 aliphatic rings. The smallest absolute Gasteiger partial charge is 0.311 e. The Morgan fingerprint density at radius 3 is 2.62 bits per heavy atom. The van der Waals surface area contributed by atoms with Gasteiger partial charge in [0.25, 0.3) is 0 Å². The Labute approximate surface area is 145 Å².